The van der Waals surface area contributed by atoms with Gasteiger partial charge in [-0.15, -0.1) is 0 Å². The van der Waals surface area contributed by atoms with Crippen LogP contribution in [0.1, 0.15) is 128 Å². The number of hydrogen-bond donors (Lipinski definition) is 0. The molecule has 5 heteroatoms. The molecule has 0 bridgehead atoms. The molecule has 0 aromatic carbocycles. The molecule has 0 spiro atoms. The lowest BCUT2D eigenvalue weighted by Gasteiger charge is -2.45. The van der Waals surface area contributed by atoms with Gasteiger partial charge in [0, 0.05) is 32.8 Å². The summed E-state index contributed by atoms with van der Waals surface area (Å²) in [6, 6.07) is 9.31. The Morgan fingerprint density at radius 1 is 0.551 bits per heavy atom. The summed E-state index contributed by atoms with van der Waals surface area (Å²) in [7, 11) is -1.92. The van der Waals surface area contributed by atoms with Crippen molar-refractivity contribution in [3.05, 3.63) is 47.3 Å². The SMILES string of the molecule is Cc1ccc(C2CC3C(SC(C)C3C3CC(C)CCC3C)C2[Si](C)(C)C2C(c3ccc(C)o3)CC3C2SC(C)C3C2CC(C)CCC2C)o1. The lowest BCUT2D eigenvalue weighted by atomic mass is 9.65. The molecule has 6 aliphatic rings. The van der Waals surface area contributed by atoms with Gasteiger partial charge in [-0.1, -0.05) is 80.3 Å². The molecule has 2 nitrogen and oxygen atoms in total. The molecule has 8 rings (SSSR count). The maximum absolute atomic E-state index is 6.69. The number of hydrogen-bond acceptors (Lipinski definition) is 4. The molecule has 2 aromatic heterocycles. The molecule has 4 heterocycles. The van der Waals surface area contributed by atoms with Crippen molar-refractivity contribution in [2.75, 3.05) is 0 Å². The predicted molar refractivity (Wildman–Crippen MR) is 214 cm³/mol. The maximum Gasteiger partial charge on any atom is 0.107 e. The third-order valence-corrected chi connectivity index (χ3v) is 25.1. The highest BCUT2D eigenvalue weighted by molar-refractivity contribution is 8.01. The van der Waals surface area contributed by atoms with E-state index >= 15 is 0 Å². The Hall–Kier alpha value is -0.523. The van der Waals surface area contributed by atoms with Crippen LogP contribution in [0.3, 0.4) is 0 Å². The van der Waals surface area contributed by atoms with Crippen LogP contribution in [0.5, 0.6) is 0 Å². The Labute approximate surface area is 309 Å². The molecule has 6 fully saturated rings. The number of thioether (sulfide) groups is 2. The standard InChI is InChI=1S/C44H68O2S2Si/c1-23-11-13-25(3)31(19-23)39-29(7)47-41-35(39)21-33(37-17-15-27(5)45-37)43(41)49(9,10)44-34(38-18-16-28(6)46-38)22-36-40(30(8)48-42(36)44)32-20-24(2)12-14-26(32)4/h15-18,23-26,29-36,39-44H,11-14,19-22H2,1-10H3. The summed E-state index contributed by atoms with van der Waals surface area (Å²) >= 11 is 4.91. The van der Waals surface area contributed by atoms with Crippen LogP contribution in [-0.2, 0) is 0 Å². The first kappa shape index (κ1) is 35.5. The van der Waals surface area contributed by atoms with Gasteiger partial charge >= 0.3 is 0 Å². The fourth-order valence-electron chi connectivity index (χ4n) is 14.2. The van der Waals surface area contributed by atoms with E-state index in [0.29, 0.717) is 11.8 Å². The van der Waals surface area contributed by atoms with Crippen molar-refractivity contribution in [2.24, 2.45) is 59.2 Å². The first-order valence-corrected chi connectivity index (χ1v) is 25.8. The quantitative estimate of drug-likeness (QED) is 0.278. The zero-order chi connectivity index (χ0) is 34.5. The fraction of sp³-hybridized carbons (Fsp3) is 0.818. The molecule has 2 aliphatic heterocycles. The zero-order valence-electron chi connectivity index (χ0n) is 32.5. The van der Waals surface area contributed by atoms with Crippen molar-refractivity contribution < 1.29 is 8.83 Å². The second kappa shape index (κ2) is 13.4. The van der Waals surface area contributed by atoms with Gasteiger partial charge < -0.3 is 8.83 Å². The first-order chi connectivity index (χ1) is 23.3. The number of fused-ring (bicyclic) bond motifs is 2. The average molecular weight is 721 g/mol. The minimum atomic E-state index is -1.92. The van der Waals surface area contributed by atoms with Crippen molar-refractivity contribution in [1.82, 2.24) is 0 Å². The number of aryl methyl sites for hydroxylation is 2. The van der Waals surface area contributed by atoms with Crippen LogP contribution in [0.2, 0.25) is 24.2 Å². The monoisotopic (exact) mass is 720 g/mol. The van der Waals surface area contributed by atoms with E-state index in [9.17, 15) is 0 Å². The lowest BCUT2D eigenvalue weighted by Crippen LogP contribution is -2.47. The van der Waals surface area contributed by atoms with E-state index in [1.165, 1.54) is 62.9 Å². The molecular weight excluding hydrogens is 653 g/mol. The van der Waals surface area contributed by atoms with Crippen molar-refractivity contribution in [2.45, 2.75) is 164 Å². The van der Waals surface area contributed by atoms with Crippen molar-refractivity contribution in [3.8, 4) is 0 Å². The van der Waals surface area contributed by atoms with Gasteiger partial charge in [-0.05, 0) is 134 Å². The highest BCUT2D eigenvalue weighted by atomic mass is 32.2. The van der Waals surface area contributed by atoms with Crippen LogP contribution in [0.4, 0.5) is 0 Å². The van der Waals surface area contributed by atoms with Crippen molar-refractivity contribution in [3.63, 3.8) is 0 Å². The molecule has 2 saturated heterocycles. The van der Waals surface area contributed by atoms with Crippen LogP contribution >= 0.6 is 23.5 Å². The molecule has 4 saturated carbocycles. The van der Waals surface area contributed by atoms with Gasteiger partial charge in [-0.3, -0.25) is 0 Å². The Kier molecular flexibility index (Phi) is 9.71. The van der Waals surface area contributed by atoms with Crippen LogP contribution < -0.4 is 0 Å². The lowest BCUT2D eigenvalue weighted by molar-refractivity contribution is 0.107. The molecule has 18 atom stereocenters. The van der Waals surface area contributed by atoms with Gasteiger partial charge in [-0.25, -0.2) is 0 Å². The summed E-state index contributed by atoms with van der Waals surface area (Å²) < 4.78 is 13.4. The van der Waals surface area contributed by atoms with Gasteiger partial charge in [0.1, 0.15) is 23.0 Å². The molecule has 0 radical (unpaired) electrons. The molecule has 272 valence electrons. The van der Waals surface area contributed by atoms with Gasteiger partial charge in [0.2, 0.25) is 0 Å². The van der Waals surface area contributed by atoms with Crippen molar-refractivity contribution in [1.29, 1.82) is 0 Å². The van der Waals surface area contributed by atoms with Crippen molar-refractivity contribution >= 4 is 31.6 Å². The third-order valence-electron chi connectivity index (χ3n) is 16.3. The highest BCUT2D eigenvalue weighted by Crippen LogP contribution is 2.72. The second-order valence-corrected chi connectivity index (χ2v) is 27.8. The van der Waals surface area contributed by atoms with Crippen LogP contribution in [0.25, 0.3) is 0 Å². The highest BCUT2D eigenvalue weighted by Gasteiger charge is 2.66. The summed E-state index contributed by atoms with van der Waals surface area (Å²) in [5.74, 6) is 14.7. The Morgan fingerprint density at radius 3 is 1.33 bits per heavy atom. The number of rotatable bonds is 6. The Balaban J connectivity index is 1.19. The summed E-state index contributed by atoms with van der Waals surface area (Å²) in [6.45, 7) is 25.7. The van der Waals surface area contributed by atoms with Crippen LogP contribution in [0.15, 0.2) is 33.1 Å². The molecule has 49 heavy (non-hydrogen) atoms. The largest absolute Gasteiger partial charge is 0.466 e. The van der Waals surface area contributed by atoms with Gasteiger partial charge in [0.25, 0.3) is 0 Å². The zero-order valence-corrected chi connectivity index (χ0v) is 35.1. The summed E-state index contributed by atoms with van der Waals surface area (Å²) in [5, 5.41) is 3.11. The van der Waals surface area contributed by atoms with E-state index in [-0.39, 0.29) is 0 Å². The van der Waals surface area contributed by atoms with E-state index in [2.05, 4.69) is 116 Å². The molecule has 0 N–H and O–H groups in total. The first-order valence-electron chi connectivity index (χ1n) is 20.8. The molecule has 0 amide bonds. The van der Waals surface area contributed by atoms with Crippen LogP contribution in [0, 0.1) is 73.0 Å². The molecule has 2 aromatic rings. The van der Waals surface area contributed by atoms with E-state index in [4.69, 9.17) is 8.83 Å². The molecule has 4 aliphatic carbocycles. The average Bonchev–Trinajstić information content (AvgIpc) is 3.88. The molecular formula is C44H68O2S2Si. The summed E-state index contributed by atoms with van der Waals surface area (Å²) in [4.78, 5) is 0. The van der Waals surface area contributed by atoms with E-state index in [1.807, 2.05) is 0 Å². The Morgan fingerprint density at radius 2 is 0.959 bits per heavy atom. The third kappa shape index (κ3) is 6.04. The smallest absolute Gasteiger partial charge is 0.107 e. The molecule has 18 unspecified atom stereocenters. The normalized spacial score (nSPS) is 48.6. The van der Waals surface area contributed by atoms with Gasteiger partial charge in [0.15, 0.2) is 0 Å². The second-order valence-electron chi connectivity index (χ2n) is 19.7. The summed E-state index contributed by atoms with van der Waals surface area (Å²) in [6.07, 6.45) is 11.4. The minimum Gasteiger partial charge on any atom is -0.466 e. The predicted octanol–water partition coefficient (Wildman–Crippen LogP) is 13.2. The van der Waals surface area contributed by atoms with Gasteiger partial charge in [0.05, 0.1) is 8.07 Å². The van der Waals surface area contributed by atoms with E-state index in [1.54, 1.807) is 0 Å². The maximum atomic E-state index is 6.69. The van der Waals surface area contributed by atoms with E-state index < -0.39 is 8.07 Å². The Bertz CT molecular complexity index is 1360. The minimum absolute atomic E-state index is 0.570. The van der Waals surface area contributed by atoms with Gasteiger partial charge in [-0.2, -0.15) is 23.5 Å². The topological polar surface area (TPSA) is 26.3 Å². The van der Waals surface area contributed by atoms with E-state index in [0.717, 1.165) is 103 Å². The number of furan rings is 2. The fourth-order valence-corrected chi connectivity index (χ4v) is 25.9. The summed E-state index contributed by atoms with van der Waals surface area (Å²) in [5.41, 5.74) is 1.51. The van der Waals surface area contributed by atoms with Crippen LogP contribution in [-0.4, -0.2) is 29.1 Å².